The molecule has 7 heteroatoms. The first-order valence-electron chi connectivity index (χ1n) is 4.89. The summed E-state index contributed by atoms with van der Waals surface area (Å²) in [5, 5.41) is 11.8. The average Bonchev–Trinajstić information content (AvgIpc) is 2.35. The van der Waals surface area contributed by atoms with E-state index in [1.165, 1.54) is 17.8 Å². The van der Waals surface area contributed by atoms with Gasteiger partial charge >= 0.3 is 0 Å². The normalized spacial score (nSPS) is 18.5. The Balaban J connectivity index is 2.86. The molecule has 1 rings (SSSR count). The molecule has 0 bridgehead atoms. The number of dihydropyridines is 1. The molecule has 0 spiro atoms. The molecule has 1 heterocycles. The lowest BCUT2D eigenvalue weighted by Gasteiger charge is -2.15. The number of hydrogen-bond donors (Lipinski definition) is 1. The van der Waals surface area contributed by atoms with Crippen LogP contribution in [0.2, 0.25) is 0 Å². The number of amides is 2. The average molecular weight is 328 g/mol. The van der Waals surface area contributed by atoms with Crippen LogP contribution in [0.4, 0.5) is 0 Å². The molecule has 1 unspecified atom stereocenters. The van der Waals surface area contributed by atoms with Crippen molar-refractivity contribution in [1.82, 2.24) is 5.32 Å². The predicted molar refractivity (Wildman–Crippen MR) is 74.2 cm³/mol. The summed E-state index contributed by atoms with van der Waals surface area (Å²) in [7, 11) is 0. The molecule has 0 saturated carbocycles. The number of halogens is 1. The molecular weight excluding hydrogens is 318 g/mol. The number of carbonyl (C=O) groups excluding carboxylic acids is 2. The predicted octanol–water partition coefficient (Wildman–Crippen LogP) is 1.38. The largest absolute Gasteiger partial charge is 0.351 e. The highest BCUT2D eigenvalue weighted by molar-refractivity contribution is 9.11. The smallest absolute Gasteiger partial charge is 0.263 e. The van der Waals surface area contributed by atoms with Crippen LogP contribution < -0.4 is 5.32 Å². The third kappa shape index (κ3) is 3.55. The first-order chi connectivity index (χ1) is 8.49. The number of carbonyl (C=O) groups is 2. The van der Waals surface area contributed by atoms with E-state index in [4.69, 9.17) is 5.26 Å². The molecule has 0 saturated heterocycles. The van der Waals surface area contributed by atoms with Gasteiger partial charge < -0.3 is 5.32 Å². The maximum Gasteiger partial charge on any atom is 0.263 e. The molecule has 18 heavy (non-hydrogen) atoms. The molecule has 1 N–H and O–H groups in total. The highest BCUT2D eigenvalue weighted by atomic mass is 79.9. The first kappa shape index (κ1) is 14.7. The second kappa shape index (κ2) is 6.52. The molecule has 0 aliphatic carbocycles. The zero-order chi connectivity index (χ0) is 13.7. The summed E-state index contributed by atoms with van der Waals surface area (Å²) in [4.78, 5) is 27.1. The van der Waals surface area contributed by atoms with Crippen LogP contribution in [-0.4, -0.2) is 29.7 Å². The van der Waals surface area contributed by atoms with E-state index in [-0.39, 0.29) is 12.1 Å². The summed E-state index contributed by atoms with van der Waals surface area (Å²) in [5.41, 5.74) is 0.250. The maximum atomic E-state index is 11.7. The van der Waals surface area contributed by atoms with E-state index in [0.717, 1.165) is 0 Å². The summed E-state index contributed by atoms with van der Waals surface area (Å²) < 4.78 is 0.594. The number of aliphatic imine (C=N–C) groups is 1. The van der Waals surface area contributed by atoms with Gasteiger partial charge in [-0.1, -0.05) is 22.5 Å². The Hall–Kier alpha value is -1.39. The van der Waals surface area contributed by atoms with Crippen LogP contribution in [0.3, 0.4) is 0 Å². The fourth-order valence-electron chi connectivity index (χ4n) is 1.26. The van der Waals surface area contributed by atoms with Crippen molar-refractivity contribution in [1.29, 1.82) is 5.26 Å². The van der Waals surface area contributed by atoms with Crippen molar-refractivity contribution in [2.45, 2.75) is 0 Å². The Labute approximate surface area is 117 Å². The third-order valence-corrected chi connectivity index (χ3v) is 3.07. The van der Waals surface area contributed by atoms with Crippen molar-refractivity contribution in [3.63, 3.8) is 0 Å². The molecule has 5 nitrogen and oxygen atoms in total. The van der Waals surface area contributed by atoms with E-state index >= 15 is 0 Å². The van der Waals surface area contributed by atoms with E-state index in [1.807, 2.05) is 6.07 Å². The maximum absolute atomic E-state index is 11.7. The standard InChI is InChI=1S/C11H10BrN3O2S/c1-6(12)5-14-9(16)8-3-7(4-13)11(18-2)15-10(8)17/h3,8H,1,5H2,2H3,(H,14,16). The van der Waals surface area contributed by atoms with E-state index < -0.39 is 17.7 Å². The number of nitrogens with one attached hydrogen (secondary N) is 1. The van der Waals surface area contributed by atoms with Gasteiger partial charge in [-0.15, -0.1) is 11.8 Å². The summed E-state index contributed by atoms with van der Waals surface area (Å²) in [6, 6.07) is 1.93. The topological polar surface area (TPSA) is 82.3 Å². The van der Waals surface area contributed by atoms with E-state index in [1.54, 1.807) is 6.26 Å². The number of nitriles is 1. The van der Waals surface area contributed by atoms with Crippen LogP contribution in [0.5, 0.6) is 0 Å². The van der Waals surface area contributed by atoms with Gasteiger partial charge in [-0.2, -0.15) is 5.26 Å². The lowest BCUT2D eigenvalue weighted by Crippen LogP contribution is -2.36. The van der Waals surface area contributed by atoms with E-state index in [9.17, 15) is 9.59 Å². The Morgan fingerprint density at radius 3 is 2.94 bits per heavy atom. The van der Waals surface area contributed by atoms with Gasteiger partial charge in [-0.05, 0) is 12.3 Å². The van der Waals surface area contributed by atoms with Gasteiger partial charge in [0.15, 0.2) is 0 Å². The van der Waals surface area contributed by atoms with Gasteiger partial charge in [0, 0.05) is 11.0 Å². The second-order valence-electron chi connectivity index (χ2n) is 3.36. The van der Waals surface area contributed by atoms with Gasteiger partial charge in [0.1, 0.15) is 17.0 Å². The van der Waals surface area contributed by atoms with E-state index in [0.29, 0.717) is 9.53 Å². The molecule has 2 amide bonds. The zero-order valence-corrected chi connectivity index (χ0v) is 12.0. The third-order valence-electron chi connectivity index (χ3n) is 2.09. The Bertz CT molecular complexity index is 505. The van der Waals surface area contributed by atoms with Crippen LogP contribution in [-0.2, 0) is 9.59 Å². The van der Waals surface area contributed by atoms with Crippen molar-refractivity contribution in [3.05, 3.63) is 22.7 Å². The Morgan fingerprint density at radius 1 is 1.78 bits per heavy atom. The monoisotopic (exact) mass is 327 g/mol. The number of nitrogens with zero attached hydrogens (tertiary/aromatic N) is 2. The fourth-order valence-corrected chi connectivity index (χ4v) is 1.92. The van der Waals surface area contributed by atoms with Crippen molar-refractivity contribution in [2.24, 2.45) is 10.9 Å². The fraction of sp³-hybridized carbons (Fsp3) is 0.273. The lowest BCUT2D eigenvalue weighted by molar-refractivity contribution is -0.131. The summed E-state index contributed by atoms with van der Waals surface area (Å²) >= 11 is 4.29. The summed E-state index contributed by atoms with van der Waals surface area (Å²) in [5.74, 6) is -2.09. The minimum absolute atomic E-state index is 0.220. The van der Waals surface area contributed by atoms with Crippen LogP contribution in [0.1, 0.15) is 0 Å². The van der Waals surface area contributed by atoms with Crippen LogP contribution in [0.15, 0.2) is 27.7 Å². The number of rotatable bonds is 3. The molecule has 1 aliphatic rings. The number of hydrogen-bond acceptors (Lipinski definition) is 4. The molecule has 0 aromatic carbocycles. The lowest BCUT2D eigenvalue weighted by atomic mass is 10.0. The zero-order valence-electron chi connectivity index (χ0n) is 9.57. The quantitative estimate of drug-likeness (QED) is 0.794. The SMILES string of the molecule is C=C(Br)CNC(=O)C1C=C(C#N)C(SC)=NC1=O. The highest BCUT2D eigenvalue weighted by Gasteiger charge is 2.29. The van der Waals surface area contributed by atoms with Crippen LogP contribution >= 0.6 is 27.7 Å². The van der Waals surface area contributed by atoms with E-state index in [2.05, 4.69) is 32.8 Å². The van der Waals surface area contributed by atoms with Crippen molar-refractivity contribution in [3.8, 4) is 6.07 Å². The van der Waals surface area contributed by atoms with Gasteiger partial charge in [-0.3, -0.25) is 9.59 Å². The van der Waals surface area contributed by atoms with Crippen molar-refractivity contribution in [2.75, 3.05) is 12.8 Å². The number of thioether (sulfide) groups is 1. The Morgan fingerprint density at radius 2 is 2.44 bits per heavy atom. The molecule has 0 aromatic heterocycles. The summed E-state index contributed by atoms with van der Waals surface area (Å²) in [6.07, 6.45) is 3.06. The molecular formula is C11H10BrN3O2S. The van der Waals surface area contributed by atoms with Crippen molar-refractivity contribution >= 4 is 44.5 Å². The van der Waals surface area contributed by atoms with Gasteiger partial charge in [0.2, 0.25) is 5.91 Å². The minimum Gasteiger partial charge on any atom is -0.351 e. The van der Waals surface area contributed by atoms with Gasteiger partial charge in [0.25, 0.3) is 5.91 Å². The van der Waals surface area contributed by atoms with Gasteiger partial charge in [-0.25, -0.2) is 4.99 Å². The molecule has 0 fully saturated rings. The molecule has 0 aromatic rings. The van der Waals surface area contributed by atoms with Gasteiger partial charge in [0.05, 0.1) is 5.57 Å². The van der Waals surface area contributed by atoms with Crippen molar-refractivity contribution < 1.29 is 9.59 Å². The van der Waals surface area contributed by atoms with Crippen LogP contribution in [0.25, 0.3) is 0 Å². The Kier molecular flexibility index (Phi) is 5.31. The first-order valence-corrected chi connectivity index (χ1v) is 6.91. The molecule has 1 aliphatic heterocycles. The highest BCUT2D eigenvalue weighted by Crippen LogP contribution is 2.19. The molecule has 0 radical (unpaired) electrons. The molecule has 1 atom stereocenters. The molecule has 94 valence electrons. The second-order valence-corrected chi connectivity index (χ2v) is 5.28. The van der Waals surface area contributed by atoms with Crippen LogP contribution in [0, 0.1) is 17.2 Å². The minimum atomic E-state index is -1.04. The summed E-state index contributed by atoms with van der Waals surface area (Å²) in [6.45, 7) is 3.79.